The van der Waals surface area contributed by atoms with Crippen molar-refractivity contribution in [2.45, 2.75) is 20.5 Å². The zero-order chi connectivity index (χ0) is 22.0. The van der Waals surface area contributed by atoms with Crippen molar-refractivity contribution in [1.82, 2.24) is 0 Å². The van der Waals surface area contributed by atoms with E-state index < -0.39 is 0 Å². The second-order valence-electron chi connectivity index (χ2n) is 7.99. The Morgan fingerprint density at radius 1 is 1.06 bits per heavy atom. The third kappa shape index (κ3) is 4.64. The molecule has 1 aliphatic heterocycles. The molecule has 3 aromatic rings. The first-order valence-electron chi connectivity index (χ1n) is 10.2. The normalized spacial score (nSPS) is 14.4. The number of fused-ring (bicyclic) bond motifs is 1. The fourth-order valence-electron chi connectivity index (χ4n) is 3.62. The molecule has 1 amide bonds. The van der Waals surface area contributed by atoms with Crippen LogP contribution in [0, 0.1) is 11.7 Å². The van der Waals surface area contributed by atoms with Crippen molar-refractivity contribution in [2.75, 3.05) is 11.4 Å². The number of hydrogen-bond donors (Lipinski definition) is 0. The molecular weight excluding hydrogens is 413 g/mol. The van der Waals surface area contributed by atoms with Crippen LogP contribution in [0.1, 0.15) is 30.5 Å². The van der Waals surface area contributed by atoms with E-state index in [1.165, 1.54) is 12.1 Å². The van der Waals surface area contributed by atoms with E-state index in [1.54, 1.807) is 24.3 Å². The number of ether oxygens (including phenoxy) is 1. The second-order valence-corrected chi connectivity index (χ2v) is 8.40. The zero-order valence-corrected chi connectivity index (χ0v) is 18.2. The van der Waals surface area contributed by atoms with Crippen molar-refractivity contribution in [3.63, 3.8) is 0 Å². The van der Waals surface area contributed by atoms with Crippen LogP contribution in [-0.4, -0.2) is 12.5 Å². The number of amides is 1. The van der Waals surface area contributed by atoms with Gasteiger partial charge in [-0.05, 0) is 53.5 Å². The maximum Gasteiger partial charge on any atom is 0.259 e. The minimum Gasteiger partial charge on any atom is -0.487 e. The summed E-state index contributed by atoms with van der Waals surface area (Å²) in [7, 11) is 0. The third-order valence-corrected chi connectivity index (χ3v) is 5.38. The topological polar surface area (TPSA) is 29.5 Å². The van der Waals surface area contributed by atoms with E-state index in [-0.39, 0.29) is 18.3 Å². The van der Waals surface area contributed by atoms with Crippen LogP contribution in [0.3, 0.4) is 0 Å². The Morgan fingerprint density at radius 3 is 2.52 bits per heavy atom. The second kappa shape index (κ2) is 8.94. The van der Waals surface area contributed by atoms with E-state index in [4.69, 9.17) is 16.3 Å². The Hall–Kier alpha value is -3.11. The molecule has 0 N–H and O–H groups in total. The maximum absolute atomic E-state index is 13.1. The number of nitrogens with zero attached hydrogens (tertiary/aromatic N) is 1. The van der Waals surface area contributed by atoms with Gasteiger partial charge in [0.1, 0.15) is 18.2 Å². The predicted octanol–water partition coefficient (Wildman–Crippen LogP) is 6.60. The number of halogens is 2. The average molecular weight is 436 g/mol. The monoisotopic (exact) mass is 435 g/mol. The van der Waals surface area contributed by atoms with Gasteiger partial charge in [-0.2, -0.15) is 0 Å². The Bertz CT molecular complexity index is 1140. The summed E-state index contributed by atoms with van der Waals surface area (Å²) in [5, 5.41) is 0.453. The van der Waals surface area contributed by atoms with Crippen molar-refractivity contribution in [1.29, 1.82) is 0 Å². The van der Waals surface area contributed by atoms with Crippen molar-refractivity contribution >= 4 is 34.8 Å². The highest BCUT2D eigenvalue weighted by atomic mass is 35.5. The highest BCUT2D eigenvalue weighted by molar-refractivity contribution is 6.36. The van der Waals surface area contributed by atoms with E-state index in [1.807, 2.05) is 41.3 Å². The van der Waals surface area contributed by atoms with Gasteiger partial charge in [-0.1, -0.05) is 61.8 Å². The number of anilines is 1. The summed E-state index contributed by atoms with van der Waals surface area (Å²) in [5.74, 6) is 0.618. The number of carbonyl (C=O) groups excluding carboxylic acids is 1. The molecule has 0 fully saturated rings. The van der Waals surface area contributed by atoms with E-state index in [2.05, 4.69) is 13.8 Å². The summed E-state index contributed by atoms with van der Waals surface area (Å²) < 4.78 is 18.8. The van der Waals surface area contributed by atoms with Crippen LogP contribution < -0.4 is 9.64 Å². The fraction of sp³-hybridized carbons (Fsp3) is 0.192. The van der Waals surface area contributed by atoms with E-state index >= 15 is 0 Å². The maximum atomic E-state index is 13.1. The zero-order valence-electron chi connectivity index (χ0n) is 17.4. The van der Waals surface area contributed by atoms with E-state index in [0.717, 1.165) is 22.4 Å². The van der Waals surface area contributed by atoms with Crippen LogP contribution in [-0.2, 0) is 11.4 Å². The molecule has 5 heteroatoms. The lowest BCUT2D eigenvalue weighted by atomic mass is 10.0. The molecule has 0 radical (unpaired) electrons. The largest absolute Gasteiger partial charge is 0.487 e. The molecule has 0 aromatic heterocycles. The lowest BCUT2D eigenvalue weighted by molar-refractivity contribution is -0.113. The van der Waals surface area contributed by atoms with Gasteiger partial charge in [0, 0.05) is 17.7 Å². The SMILES string of the molecule is CC(C)CN1C(=O)/C(=C\c2ccc(OCc3ccc(F)cc3)c(Cl)c2)c2ccccc21. The molecular formula is C26H23ClFNO2. The van der Waals surface area contributed by atoms with Gasteiger partial charge in [-0.3, -0.25) is 4.79 Å². The van der Waals surface area contributed by atoms with Gasteiger partial charge in [0.2, 0.25) is 0 Å². The van der Waals surface area contributed by atoms with Crippen molar-refractivity contribution in [3.05, 3.63) is 94.3 Å². The average Bonchev–Trinajstić information content (AvgIpc) is 3.00. The highest BCUT2D eigenvalue weighted by Crippen LogP contribution is 2.38. The first-order valence-corrected chi connectivity index (χ1v) is 10.6. The van der Waals surface area contributed by atoms with Crippen molar-refractivity contribution in [2.24, 2.45) is 5.92 Å². The fourth-order valence-corrected chi connectivity index (χ4v) is 3.87. The highest BCUT2D eigenvalue weighted by Gasteiger charge is 2.32. The first-order chi connectivity index (χ1) is 14.9. The van der Waals surface area contributed by atoms with Gasteiger partial charge in [-0.25, -0.2) is 4.39 Å². The summed E-state index contributed by atoms with van der Waals surface area (Å²) >= 11 is 6.43. The number of hydrogen-bond acceptors (Lipinski definition) is 2. The minimum absolute atomic E-state index is 0.00246. The van der Waals surface area contributed by atoms with Crippen LogP contribution in [0.5, 0.6) is 5.75 Å². The first kappa shape index (κ1) is 21.1. The summed E-state index contributed by atoms with van der Waals surface area (Å²) in [6, 6.07) is 19.4. The van der Waals surface area contributed by atoms with Gasteiger partial charge >= 0.3 is 0 Å². The molecule has 31 heavy (non-hydrogen) atoms. The quantitative estimate of drug-likeness (QED) is 0.408. The smallest absolute Gasteiger partial charge is 0.259 e. The summed E-state index contributed by atoms with van der Waals surface area (Å²) in [4.78, 5) is 15.0. The molecule has 1 aliphatic rings. The van der Waals surface area contributed by atoms with E-state index in [9.17, 15) is 9.18 Å². The number of rotatable bonds is 6. The summed E-state index contributed by atoms with van der Waals surface area (Å²) in [6.45, 7) is 5.16. The molecule has 0 saturated heterocycles. The van der Waals surface area contributed by atoms with Gasteiger partial charge in [0.05, 0.1) is 10.7 Å². The van der Waals surface area contributed by atoms with Crippen LogP contribution in [0.4, 0.5) is 10.1 Å². The molecule has 0 saturated carbocycles. The van der Waals surface area contributed by atoms with E-state index in [0.29, 0.717) is 28.8 Å². The Morgan fingerprint density at radius 2 is 1.81 bits per heavy atom. The Labute approximate surface area is 186 Å². The molecule has 0 bridgehead atoms. The summed E-state index contributed by atoms with van der Waals surface area (Å²) in [5.41, 5.74) is 4.21. The molecule has 0 aliphatic carbocycles. The molecule has 3 nitrogen and oxygen atoms in total. The van der Waals surface area contributed by atoms with Crippen LogP contribution >= 0.6 is 11.6 Å². The minimum atomic E-state index is -0.283. The van der Waals surface area contributed by atoms with Gasteiger partial charge < -0.3 is 9.64 Å². The van der Waals surface area contributed by atoms with Crippen LogP contribution in [0.2, 0.25) is 5.02 Å². The molecule has 1 heterocycles. The lowest BCUT2D eigenvalue weighted by Crippen LogP contribution is -2.30. The number of carbonyl (C=O) groups is 1. The van der Waals surface area contributed by atoms with Gasteiger partial charge in [0.25, 0.3) is 5.91 Å². The molecule has 4 rings (SSSR count). The molecule has 0 unspecified atom stereocenters. The lowest BCUT2D eigenvalue weighted by Gasteiger charge is -2.19. The molecule has 0 spiro atoms. The van der Waals surface area contributed by atoms with Crippen LogP contribution in [0.25, 0.3) is 11.6 Å². The predicted molar refractivity (Wildman–Crippen MR) is 124 cm³/mol. The number of benzene rings is 3. The van der Waals surface area contributed by atoms with Gasteiger partial charge in [0.15, 0.2) is 0 Å². The van der Waals surface area contributed by atoms with Crippen LogP contribution in [0.15, 0.2) is 66.7 Å². The summed E-state index contributed by atoms with van der Waals surface area (Å²) in [6.07, 6.45) is 1.87. The van der Waals surface area contributed by atoms with Crippen molar-refractivity contribution < 1.29 is 13.9 Å². The number of para-hydroxylation sites is 1. The molecule has 158 valence electrons. The Balaban J connectivity index is 1.56. The standard InChI is InChI=1S/C26H23ClFNO2/c1-17(2)15-29-24-6-4-3-5-21(24)22(26(29)30)13-19-9-12-25(23(27)14-19)31-16-18-7-10-20(28)11-8-18/h3-14,17H,15-16H2,1-2H3/b22-13-. The van der Waals surface area contributed by atoms with Crippen molar-refractivity contribution in [3.8, 4) is 5.75 Å². The third-order valence-electron chi connectivity index (χ3n) is 5.08. The van der Waals surface area contributed by atoms with Gasteiger partial charge in [-0.15, -0.1) is 0 Å². The molecule has 0 atom stereocenters. The Kier molecular flexibility index (Phi) is 6.10. The molecule has 3 aromatic carbocycles.